The van der Waals surface area contributed by atoms with Gasteiger partial charge in [-0.2, -0.15) is 0 Å². The first kappa shape index (κ1) is 14.1. The van der Waals surface area contributed by atoms with Crippen molar-refractivity contribution < 1.29 is 14.3 Å². The van der Waals surface area contributed by atoms with Crippen LogP contribution in [0, 0.1) is 6.92 Å². The Kier molecular flexibility index (Phi) is 3.45. The van der Waals surface area contributed by atoms with Crippen LogP contribution in [0.3, 0.4) is 0 Å². The molecule has 0 N–H and O–H groups in total. The Morgan fingerprint density at radius 2 is 1.96 bits per heavy atom. The number of fused-ring (bicyclic) bond motifs is 1. The number of carbonyl (C=O) groups excluding carboxylic acids is 1. The van der Waals surface area contributed by atoms with Crippen molar-refractivity contribution >= 4 is 5.91 Å². The normalized spacial score (nSPS) is 19.2. The lowest BCUT2D eigenvalue weighted by Gasteiger charge is -2.26. The SMILES string of the molecule is Cc1ccccc1C1CCCN1C(=O)c1ccc2c(c1)OCO2. The average Bonchev–Trinajstić information content (AvgIpc) is 3.23. The van der Waals surface area contributed by atoms with Crippen LogP contribution >= 0.6 is 0 Å². The Bertz CT molecular complexity index is 756. The number of benzene rings is 2. The fourth-order valence-electron chi connectivity index (χ4n) is 3.49. The minimum atomic E-state index is 0.0639. The van der Waals surface area contributed by atoms with Gasteiger partial charge in [0.1, 0.15) is 0 Å². The average molecular weight is 309 g/mol. The number of hydrogen-bond donors (Lipinski definition) is 0. The van der Waals surface area contributed by atoms with Crippen molar-refractivity contribution in [3.05, 3.63) is 59.2 Å². The van der Waals surface area contributed by atoms with Gasteiger partial charge in [-0.3, -0.25) is 4.79 Å². The van der Waals surface area contributed by atoms with Crippen LogP contribution in [0.4, 0.5) is 0 Å². The van der Waals surface area contributed by atoms with E-state index < -0.39 is 0 Å². The number of likely N-dealkylation sites (tertiary alicyclic amines) is 1. The number of rotatable bonds is 2. The smallest absolute Gasteiger partial charge is 0.254 e. The summed E-state index contributed by atoms with van der Waals surface area (Å²) in [6.45, 7) is 3.13. The molecule has 2 aromatic carbocycles. The van der Waals surface area contributed by atoms with Crippen LogP contribution in [0.2, 0.25) is 0 Å². The second-order valence-corrected chi connectivity index (χ2v) is 6.08. The zero-order valence-corrected chi connectivity index (χ0v) is 13.1. The molecule has 1 unspecified atom stereocenters. The molecule has 1 atom stereocenters. The predicted molar refractivity (Wildman–Crippen MR) is 86.8 cm³/mol. The first-order valence-electron chi connectivity index (χ1n) is 8.00. The molecule has 2 aliphatic rings. The third kappa shape index (κ3) is 2.44. The first-order chi connectivity index (χ1) is 11.2. The summed E-state index contributed by atoms with van der Waals surface area (Å²) in [7, 11) is 0. The summed E-state index contributed by atoms with van der Waals surface area (Å²) in [5, 5.41) is 0. The number of aryl methyl sites for hydroxylation is 1. The summed E-state index contributed by atoms with van der Waals surface area (Å²) in [6.07, 6.45) is 2.05. The summed E-state index contributed by atoms with van der Waals surface area (Å²) in [4.78, 5) is 15.0. The van der Waals surface area contributed by atoms with Crippen LogP contribution in [0.15, 0.2) is 42.5 Å². The molecule has 4 nitrogen and oxygen atoms in total. The molecule has 0 radical (unpaired) electrons. The molecule has 2 aromatic rings. The number of ether oxygens (including phenoxy) is 2. The molecule has 0 aromatic heterocycles. The van der Waals surface area contributed by atoms with Gasteiger partial charge in [-0.25, -0.2) is 0 Å². The minimum absolute atomic E-state index is 0.0639. The molecule has 0 spiro atoms. The zero-order chi connectivity index (χ0) is 15.8. The molecule has 23 heavy (non-hydrogen) atoms. The number of nitrogens with zero attached hydrogens (tertiary/aromatic N) is 1. The van der Waals surface area contributed by atoms with Crippen molar-refractivity contribution in [3.63, 3.8) is 0 Å². The van der Waals surface area contributed by atoms with Crippen LogP contribution < -0.4 is 9.47 Å². The van der Waals surface area contributed by atoms with Gasteiger partial charge in [-0.1, -0.05) is 24.3 Å². The Hall–Kier alpha value is -2.49. The Morgan fingerprint density at radius 1 is 1.13 bits per heavy atom. The van der Waals surface area contributed by atoms with E-state index in [1.165, 1.54) is 11.1 Å². The van der Waals surface area contributed by atoms with Crippen LogP contribution in [-0.4, -0.2) is 24.1 Å². The third-order valence-corrected chi connectivity index (χ3v) is 4.68. The van der Waals surface area contributed by atoms with Crippen molar-refractivity contribution in [3.8, 4) is 11.5 Å². The summed E-state index contributed by atoms with van der Waals surface area (Å²) in [5.74, 6) is 1.43. The molecule has 1 saturated heterocycles. The van der Waals surface area contributed by atoms with Gasteiger partial charge in [-0.15, -0.1) is 0 Å². The fourth-order valence-corrected chi connectivity index (χ4v) is 3.49. The topological polar surface area (TPSA) is 38.8 Å². The monoisotopic (exact) mass is 309 g/mol. The van der Waals surface area contributed by atoms with E-state index in [0.29, 0.717) is 17.1 Å². The molecular weight excluding hydrogens is 290 g/mol. The van der Waals surface area contributed by atoms with Gasteiger partial charge in [0.05, 0.1) is 6.04 Å². The summed E-state index contributed by atoms with van der Waals surface area (Å²) < 4.78 is 10.7. The van der Waals surface area contributed by atoms with Crippen LogP contribution in [0.5, 0.6) is 11.5 Å². The zero-order valence-electron chi connectivity index (χ0n) is 13.1. The predicted octanol–water partition coefficient (Wildman–Crippen LogP) is 3.70. The van der Waals surface area contributed by atoms with E-state index in [2.05, 4.69) is 19.1 Å². The maximum Gasteiger partial charge on any atom is 0.254 e. The van der Waals surface area contributed by atoms with Crippen molar-refractivity contribution in [2.24, 2.45) is 0 Å². The minimum Gasteiger partial charge on any atom is -0.454 e. The van der Waals surface area contributed by atoms with E-state index >= 15 is 0 Å². The van der Waals surface area contributed by atoms with Crippen molar-refractivity contribution in [2.75, 3.05) is 13.3 Å². The molecule has 2 aliphatic heterocycles. The van der Waals surface area contributed by atoms with E-state index in [1.807, 2.05) is 29.2 Å². The molecule has 0 saturated carbocycles. The van der Waals surface area contributed by atoms with E-state index in [-0.39, 0.29) is 18.7 Å². The lowest BCUT2D eigenvalue weighted by Crippen LogP contribution is -2.30. The maximum absolute atomic E-state index is 13.0. The van der Waals surface area contributed by atoms with Gasteiger partial charge in [0, 0.05) is 12.1 Å². The quantitative estimate of drug-likeness (QED) is 0.849. The highest BCUT2D eigenvalue weighted by Crippen LogP contribution is 2.37. The number of carbonyl (C=O) groups is 1. The highest BCUT2D eigenvalue weighted by atomic mass is 16.7. The van der Waals surface area contributed by atoms with E-state index in [0.717, 1.165) is 19.4 Å². The summed E-state index contributed by atoms with van der Waals surface area (Å²) >= 11 is 0. The van der Waals surface area contributed by atoms with Crippen molar-refractivity contribution in [1.82, 2.24) is 4.90 Å². The first-order valence-corrected chi connectivity index (χ1v) is 8.00. The van der Waals surface area contributed by atoms with E-state index in [4.69, 9.17) is 9.47 Å². The highest BCUT2D eigenvalue weighted by molar-refractivity contribution is 5.95. The standard InChI is InChI=1S/C19H19NO3/c1-13-5-2-3-6-15(13)16-7-4-10-20(16)19(21)14-8-9-17-18(11-14)23-12-22-17/h2-3,5-6,8-9,11,16H,4,7,10,12H2,1H3. The van der Waals surface area contributed by atoms with Gasteiger partial charge < -0.3 is 14.4 Å². The molecular formula is C19H19NO3. The molecule has 4 heteroatoms. The second kappa shape index (κ2) is 5.61. The van der Waals surface area contributed by atoms with Gasteiger partial charge in [0.25, 0.3) is 5.91 Å². The van der Waals surface area contributed by atoms with Gasteiger partial charge in [0.15, 0.2) is 11.5 Å². The second-order valence-electron chi connectivity index (χ2n) is 6.08. The highest BCUT2D eigenvalue weighted by Gasteiger charge is 2.31. The molecule has 1 fully saturated rings. The molecule has 4 rings (SSSR count). The van der Waals surface area contributed by atoms with Crippen molar-refractivity contribution in [2.45, 2.75) is 25.8 Å². The number of amides is 1. The lowest BCUT2D eigenvalue weighted by molar-refractivity contribution is 0.0735. The molecule has 2 heterocycles. The Labute approximate surface area is 135 Å². The Balaban J connectivity index is 1.64. The maximum atomic E-state index is 13.0. The van der Waals surface area contributed by atoms with Gasteiger partial charge >= 0.3 is 0 Å². The third-order valence-electron chi connectivity index (χ3n) is 4.68. The Morgan fingerprint density at radius 3 is 2.83 bits per heavy atom. The number of hydrogen-bond acceptors (Lipinski definition) is 3. The van der Waals surface area contributed by atoms with Crippen LogP contribution in [0.25, 0.3) is 0 Å². The largest absolute Gasteiger partial charge is 0.454 e. The molecule has 0 bridgehead atoms. The van der Waals surface area contributed by atoms with Crippen molar-refractivity contribution in [1.29, 1.82) is 0 Å². The van der Waals surface area contributed by atoms with Crippen LogP contribution in [0.1, 0.15) is 40.4 Å². The molecule has 1 amide bonds. The molecule has 118 valence electrons. The lowest BCUT2D eigenvalue weighted by atomic mass is 9.99. The van der Waals surface area contributed by atoms with Gasteiger partial charge in [0.2, 0.25) is 6.79 Å². The van der Waals surface area contributed by atoms with Gasteiger partial charge in [-0.05, 0) is 49.1 Å². The van der Waals surface area contributed by atoms with E-state index in [9.17, 15) is 4.79 Å². The van der Waals surface area contributed by atoms with Crippen LogP contribution in [-0.2, 0) is 0 Å². The fraction of sp³-hybridized carbons (Fsp3) is 0.316. The summed E-state index contributed by atoms with van der Waals surface area (Å²) in [5.41, 5.74) is 3.15. The van der Waals surface area contributed by atoms with E-state index in [1.54, 1.807) is 6.07 Å². The molecule has 0 aliphatic carbocycles. The summed E-state index contributed by atoms with van der Waals surface area (Å²) in [6, 6.07) is 13.9.